The van der Waals surface area contributed by atoms with E-state index in [1.807, 2.05) is 0 Å². The molecule has 0 aliphatic carbocycles. The summed E-state index contributed by atoms with van der Waals surface area (Å²) in [5.41, 5.74) is 4.44. The average molecular weight is 267 g/mol. The Morgan fingerprint density at radius 1 is 1.53 bits per heavy atom. The molecule has 1 aromatic rings. The molecule has 1 saturated heterocycles. The second-order valence-electron chi connectivity index (χ2n) is 4.78. The first-order chi connectivity index (χ1) is 8.83. The van der Waals surface area contributed by atoms with Gasteiger partial charge in [0.25, 0.3) is 5.91 Å². The fraction of sp³-hybridized carbons (Fsp3) is 0.455. The minimum atomic E-state index is -1.30. The number of aromatic carboxylic acids is 1. The maximum atomic E-state index is 12.1. The van der Waals surface area contributed by atoms with E-state index in [-0.39, 0.29) is 12.2 Å². The molecule has 1 aliphatic rings. The van der Waals surface area contributed by atoms with Gasteiger partial charge in [-0.2, -0.15) is 0 Å². The molecular formula is C11H13N3O5. The SMILES string of the molecule is CC1(C(N)=O)CCN(C(=O)c2cc(C(=O)O)on2)C1. The molecule has 0 aromatic carbocycles. The first-order valence-corrected chi connectivity index (χ1v) is 5.63. The number of nitrogens with two attached hydrogens (primary N) is 1. The number of primary amides is 1. The number of carbonyl (C=O) groups excluding carboxylic acids is 2. The van der Waals surface area contributed by atoms with Crippen molar-refractivity contribution in [1.29, 1.82) is 0 Å². The summed E-state index contributed by atoms with van der Waals surface area (Å²) in [6.45, 7) is 2.25. The Morgan fingerprint density at radius 2 is 2.21 bits per heavy atom. The van der Waals surface area contributed by atoms with E-state index in [0.717, 1.165) is 6.07 Å². The molecule has 1 atom stereocenters. The van der Waals surface area contributed by atoms with Crippen LogP contribution in [0.4, 0.5) is 0 Å². The van der Waals surface area contributed by atoms with Crippen LogP contribution in [0.25, 0.3) is 0 Å². The van der Waals surface area contributed by atoms with E-state index in [9.17, 15) is 14.4 Å². The normalized spacial score (nSPS) is 22.5. The van der Waals surface area contributed by atoms with Crippen LogP contribution in [0.2, 0.25) is 0 Å². The molecule has 0 bridgehead atoms. The summed E-state index contributed by atoms with van der Waals surface area (Å²) in [6, 6.07) is 1.06. The lowest BCUT2D eigenvalue weighted by molar-refractivity contribution is -0.126. The van der Waals surface area contributed by atoms with Crippen molar-refractivity contribution >= 4 is 17.8 Å². The smallest absolute Gasteiger partial charge is 0.374 e. The molecule has 2 rings (SSSR count). The molecule has 0 spiro atoms. The maximum absolute atomic E-state index is 12.1. The molecule has 1 fully saturated rings. The molecule has 8 heteroatoms. The Hall–Kier alpha value is -2.38. The molecule has 0 saturated carbocycles. The lowest BCUT2D eigenvalue weighted by Gasteiger charge is -2.20. The molecule has 3 N–H and O–H groups in total. The van der Waals surface area contributed by atoms with Crippen LogP contribution in [-0.2, 0) is 4.79 Å². The highest BCUT2D eigenvalue weighted by Crippen LogP contribution is 2.30. The van der Waals surface area contributed by atoms with Crippen LogP contribution >= 0.6 is 0 Å². The van der Waals surface area contributed by atoms with Gasteiger partial charge >= 0.3 is 5.97 Å². The number of amides is 2. The van der Waals surface area contributed by atoms with E-state index in [1.54, 1.807) is 6.92 Å². The first-order valence-electron chi connectivity index (χ1n) is 5.63. The predicted octanol–water partition coefficient (Wildman–Crippen LogP) is -0.290. The third-order valence-corrected chi connectivity index (χ3v) is 3.30. The van der Waals surface area contributed by atoms with Crippen molar-refractivity contribution < 1.29 is 24.0 Å². The van der Waals surface area contributed by atoms with Gasteiger partial charge in [0, 0.05) is 19.2 Å². The van der Waals surface area contributed by atoms with Gasteiger partial charge < -0.3 is 20.3 Å². The van der Waals surface area contributed by atoms with Gasteiger partial charge in [-0.25, -0.2) is 4.79 Å². The van der Waals surface area contributed by atoms with Gasteiger partial charge in [-0.3, -0.25) is 9.59 Å². The molecule has 1 unspecified atom stereocenters. The van der Waals surface area contributed by atoms with Crippen LogP contribution in [-0.4, -0.2) is 46.0 Å². The predicted molar refractivity (Wildman–Crippen MR) is 61.3 cm³/mol. The highest BCUT2D eigenvalue weighted by molar-refractivity contribution is 5.95. The number of likely N-dealkylation sites (tertiary alicyclic amines) is 1. The first kappa shape index (κ1) is 13.1. The number of nitrogens with zero attached hydrogens (tertiary/aromatic N) is 2. The molecule has 8 nitrogen and oxygen atoms in total. The number of rotatable bonds is 3. The number of carbonyl (C=O) groups is 3. The Bertz CT molecular complexity index is 552. The van der Waals surface area contributed by atoms with Crippen LogP contribution in [0, 0.1) is 5.41 Å². The highest BCUT2D eigenvalue weighted by Gasteiger charge is 2.41. The van der Waals surface area contributed by atoms with Gasteiger partial charge in [-0.15, -0.1) is 0 Å². The monoisotopic (exact) mass is 267 g/mol. The van der Waals surface area contributed by atoms with E-state index in [4.69, 9.17) is 10.8 Å². The highest BCUT2D eigenvalue weighted by atomic mass is 16.5. The Labute approximate surface area is 108 Å². The number of hydrogen-bond acceptors (Lipinski definition) is 5. The van der Waals surface area contributed by atoms with E-state index in [2.05, 4.69) is 9.68 Å². The van der Waals surface area contributed by atoms with Crippen LogP contribution in [0.15, 0.2) is 10.6 Å². The van der Waals surface area contributed by atoms with E-state index in [1.165, 1.54) is 4.90 Å². The zero-order chi connectivity index (χ0) is 14.2. The summed E-state index contributed by atoms with van der Waals surface area (Å²) in [5, 5.41) is 12.1. The largest absolute Gasteiger partial charge is 0.475 e. The number of hydrogen-bond donors (Lipinski definition) is 2. The van der Waals surface area contributed by atoms with E-state index >= 15 is 0 Å². The molecule has 0 radical (unpaired) electrons. The fourth-order valence-corrected chi connectivity index (χ4v) is 1.97. The zero-order valence-electron chi connectivity index (χ0n) is 10.3. The van der Waals surface area contributed by atoms with Gasteiger partial charge in [-0.1, -0.05) is 5.16 Å². The second kappa shape index (κ2) is 4.38. The van der Waals surface area contributed by atoms with E-state index < -0.39 is 29.0 Å². The Balaban J connectivity index is 2.13. The molecule has 1 aliphatic heterocycles. The molecule has 19 heavy (non-hydrogen) atoms. The summed E-state index contributed by atoms with van der Waals surface area (Å²) in [5.74, 6) is -2.63. The minimum Gasteiger partial charge on any atom is -0.475 e. The standard InChI is InChI=1S/C11H13N3O5/c1-11(10(12)18)2-3-14(5-11)8(15)6-4-7(9(16)17)19-13-6/h4H,2-3,5H2,1H3,(H2,12,18)(H,16,17). The third-order valence-electron chi connectivity index (χ3n) is 3.30. The number of carboxylic acid groups (broad SMARTS) is 1. The molecule has 102 valence electrons. The van der Waals surface area contributed by atoms with Crippen molar-refractivity contribution in [1.82, 2.24) is 10.1 Å². The lowest BCUT2D eigenvalue weighted by Crippen LogP contribution is -2.38. The van der Waals surface area contributed by atoms with Crippen molar-refractivity contribution in [3.05, 3.63) is 17.5 Å². The van der Waals surface area contributed by atoms with Gasteiger partial charge in [0.2, 0.25) is 11.7 Å². The Kier molecular flexibility index (Phi) is 3.01. The summed E-state index contributed by atoms with van der Waals surface area (Å²) in [7, 11) is 0. The van der Waals surface area contributed by atoms with Gasteiger partial charge in [0.1, 0.15) is 0 Å². The Morgan fingerprint density at radius 3 is 2.68 bits per heavy atom. The van der Waals surface area contributed by atoms with Crippen molar-refractivity contribution in [2.75, 3.05) is 13.1 Å². The van der Waals surface area contributed by atoms with Gasteiger partial charge in [0.05, 0.1) is 5.41 Å². The van der Waals surface area contributed by atoms with Crippen molar-refractivity contribution in [3.8, 4) is 0 Å². The van der Waals surface area contributed by atoms with Crippen molar-refractivity contribution in [2.45, 2.75) is 13.3 Å². The summed E-state index contributed by atoms with van der Waals surface area (Å²) in [4.78, 5) is 35.4. The molecule has 2 amide bonds. The summed E-state index contributed by atoms with van der Waals surface area (Å²) in [6.07, 6.45) is 0.470. The fourth-order valence-electron chi connectivity index (χ4n) is 1.97. The third kappa shape index (κ3) is 2.28. The zero-order valence-corrected chi connectivity index (χ0v) is 10.3. The van der Waals surface area contributed by atoms with Crippen LogP contribution in [0.3, 0.4) is 0 Å². The lowest BCUT2D eigenvalue weighted by atomic mass is 9.89. The van der Waals surface area contributed by atoms with Crippen molar-refractivity contribution in [2.24, 2.45) is 11.1 Å². The molecular weight excluding hydrogens is 254 g/mol. The number of aromatic nitrogens is 1. The summed E-state index contributed by atoms with van der Waals surface area (Å²) < 4.78 is 4.52. The minimum absolute atomic E-state index is 0.0916. The van der Waals surface area contributed by atoms with Gasteiger partial charge in [0.15, 0.2) is 5.69 Å². The average Bonchev–Trinajstić information content (AvgIpc) is 2.95. The molecule has 2 heterocycles. The van der Waals surface area contributed by atoms with E-state index in [0.29, 0.717) is 13.0 Å². The quantitative estimate of drug-likeness (QED) is 0.774. The topological polar surface area (TPSA) is 127 Å². The summed E-state index contributed by atoms with van der Waals surface area (Å²) >= 11 is 0. The maximum Gasteiger partial charge on any atom is 0.374 e. The van der Waals surface area contributed by atoms with Crippen LogP contribution < -0.4 is 5.73 Å². The molecule has 1 aromatic heterocycles. The van der Waals surface area contributed by atoms with Gasteiger partial charge in [-0.05, 0) is 13.3 Å². The van der Waals surface area contributed by atoms with Crippen LogP contribution in [0.1, 0.15) is 34.4 Å². The van der Waals surface area contributed by atoms with Crippen LogP contribution in [0.5, 0.6) is 0 Å². The van der Waals surface area contributed by atoms with Crippen molar-refractivity contribution in [3.63, 3.8) is 0 Å². The number of carboxylic acids is 1. The second-order valence-corrected chi connectivity index (χ2v) is 4.78.